The van der Waals surface area contributed by atoms with E-state index in [9.17, 15) is 9.59 Å². The maximum atomic E-state index is 11.6. The van der Waals surface area contributed by atoms with Crippen molar-refractivity contribution in [3.63, 3.8) is 0 Å². The summed E-state index contributed by atoms with van der Waals surface area (Å²) in [6.07, 6.45) is 7.47. The third-order valence-corrected chi connectivity index (χ3v) is 3.67. The molecular formula is C12H20N2O2. The molecule has 4 nitrogen and oxygen atoms in total. The van der Waals surface area contributed by atoms with Gasteiger partial charge in [0.25, 0.3) is 0 Å². The van der Waals surface area contributed by atoms with Gasteiger partial charge in [0.1, 0.15) is 6.04 Å². The molecule has 0 aromatic heterocycles. The fourth-order valence-electron chi connectivity index (χ4n) is 2.51. The van der Waals surface area contributed by atoms with Crippen molar-refractivity contribution in [1.82, 2.24) is 5.32 Å². The van der Waals surface area contributed by atoms with Crippen LogP contribution in [0.3, 0.4) is 0 Å². The van der Waals surface area contributed by atoms with E-state index >= 15 is 0 Å². The molecule has 0 aromatic rings. The normalized spacial score (nSPS) is 23.8. The fourth-order valence-corrected chi connectivity index (χ4v) is 2.51. The Balaban J connectivity index is 1.92. The second kappa shape index (κ2) is 4.85. The van der Waals surface area contributed by atoms with E-state index in [2.05, 4.69) is 5.32 Å². The summed E-state index contributed by atoms with van der Waals surface area (Å²) in [7, 11) is 0. The molecule has 2 rings (SSSR count). The van der Waals surface area contributed by atoms with Gasteiger partial charge in [0.05, 0.1) is 0 Å². The van der Waals surface area contributed by atoms with Crippen molar-refractivity contribution in [2.45, 2.75) is 51.0 Å². The van der Waals surface area contributed by atoms with Crippen LogP contribution < -0.4 is 11.1 Å². The summed E-state index contributed by atoms with van der Waals surface area (Å²) in [6, 6.07) is -0.437. The largest absolute Gasteiger partial charge is 0.368 e. The van der Waals surface area contributed by atoms with Crippen molar-refractivity contribution in [1.29, 1.82) is 0 Å². The molecule has 2 fully saturated rings. The van der Waals surface area contributed by atoms with Crippen molar-refractivity contribution in [3.8, 4) is 0 Å². The molecule has 2 aliphatic rings. The van der Waals surface area contributed by atoms with Crippen LogP contribution >= 0.6 is 0 Å². The highest BCUT2D eigenvalue weighted by Crippen LogP contribution is 2.30. The van der Waals surface area contributed by atoms with Gasteiger partial charge in [-0.05, 0) is 31.6 Å². The van der Waals surface area contributed by atoms with E-state index in [0.29, 0.717) is 0 Å². The van der Waals surface area contributed by atoms with Crippen molar-refractivity contribution >= 4 is 11.8 Å². The molecule has 0 radical (unpaired) electrons. The topological polar surface area (TPSA) is 72.2 Å². The number of carbonyl (C=O) groups is 2. The lowest BCUT2D eigenvalue weighted by Gasteiger charge is -2.28. The number of nitrogens with two attached hydrogens (primary N) is 1. The molecule has 2 aliphatic carbocycles. The zero-order chi connectivity index (χ0) is 11.5. The quantitative estimate of drug-likeness (QED) is 0.746. The smallest absolute Gasteiger partial charge is 0.240 e. The Morgan fingerprint density at radius 2 is 1.69 bits per heavy atom. The molecule has 0 aromatic carbocycles. The molecule has 4 heteroatoms. The lowest BCUT2D eigenvalue weighted by molar-refractivity contribution is -0.129. The third-order valence-electron chi connectivity index (χ3n) is 3.67. The summed E-state index contributed by atoms with van der Waals surface area (Å²) >= 11 is 0. The number of nitrogens with one attached hydrogen (secondary N) is 1. The molecule has 0 bridgehead atoms. The molecule has 0 spiro atoms. The van der Waals surface area contributed by atoms with Gasteiger partial charge in [0.15, 0.2) is 0 Å². The van der Waals surface area contributed by atoms with Crippen LogP contribution in [-0.2, 0) is 9.59 Å². The number of hydrogen-bond acceptors (Lipinski definition) is 2. The molecule has 0 saturated heterocycles. The Morgan fingerprint density at radius 3 is 2.19 bits per heavy atom. The zero-order valence-electron chi connectivity index (χ0n) is 9.58. The standard InChI is InChI=1S/C12H20N2O2/c13-11(15)10(8-4-2-1-3-5-8)14-12(16)9-6-7-9/h8-10H,1-7H2,(H2,13,15)(H,14,16)/t10-/m0/s1. The zero-order valence-corrected chi connectivity index (χ0v) is 9.58. The van der Waals surface area contributed by atoms with Crippen LogP contribution in [0.1, 0.15) is 44.9 Å². The SMILES string of the molecule is NC(=O)[C@@H](NC(=O)C1CC1)C1CCCCC1. The van der Waals surface area contributed by atoms with Crippen molar-refractivity contribution in [2.24, 2.45) is 17.6 Å². The van der Waals surface area contributed by atoms with Gasteiger partial charge in [-0.1, -0.05) is 19.3 Å². The number of amides is 2. The van der Waals surface area contributed by atoms with Gasteiger partial charge in [0.2, 0.25) is 11.8 Å². The second-order valence-corrected chi connectivity index (χ2v) is 5.06. The number of hydrogen-bond donors (Lipinski definition) is 2. The molecular weight excluding hydrogens is 204 g/mol. The first kappa shape index (κ1) is 11.4. The minimum Gasteiger partial charge on any atom is -0.368 e. The van der Waals surface area contributed by atoms with E-state index < -0.39 is 6.04 Å². The first-order valence-corrected chi connectivity index (χ1v) is 6.28. The predicted molar refractivity (Wildman–Crippen MR) is 60.4 cm³/mol. The van der Waals surface area contributed by atoms with E-state index in [1.54, 1.807) is 0 Å². The Morgan fingerprint density at radius 1 is 1.06 bits per heavy atom. The second-order valence-electron chi connectivity index (χ2n) is 5.06. The van der Waals surface area contributed by atoms with Crippen LogP contribution in [-0.4, -0.2) is 17.9 Å². The highest BCUT2D eigenvalue weighted by Gasteiger charge is 2.35. The monoisotopic (exact) mass is 224 g/mol. The molecule has 1 atom stereocenters. The summed E-state index contributed by atoms with van der Waals surface area (Å²) in [5.41, 5.74) is 5.38. The molecule has 0 unspecified atom stereocenters. The number of primary amides is 1. The highest BCUT2D eigenvalue weighted by molar-refractivity contribution is 5.88. The summed E-state index contributed by atoms with van der Waals surface area (Å²) in [5, 5.41) is 2.83. The molecule has 2 amide bonds. The summed E-state index contributed by atoms with van der Waals surface area (Å²) in [5.74, 6) is 0.0506. The van der Waals surface area contributed by atoms with Gasteiger partial charge >= 0.3 is 0 Å². The minimum atomic E-state index is -0.437. The lowest BCUT2D eigenvalue weighted by atomic mass is 9.83. The van der Waals surface area contributed by atoms with Gasteiger partial charge in [-0.2, -0.15) is 0 Å². The molecule has 16 heavy (non-hydrogen) atoms. The van der Waals surface area contributed by atoms with Crippen LogP contribution in [0.15, 0.2) is 0 Å². The van der Waals surface area contributed by atoms with Gasteiger partial charge in [0, 0.05) is 5.92 Å². The molecule has 2 saturated carbocycles. The van der Waals surface area contributed by atoms with Crippen molar-refractivity contribution in [2.75, 3.05) is 0 Å². The minimum absolute atomic E-state index is 0.0226. The fraction of sp³-hybridized carbons (Fsp3) is 0.833. The average molecular weight is 224 g/mol. The Hall–Kier alpha value is -1.06. The molecule has 0 heterocycles. The molecule has 0 aliphatic heterocycles. The van der Waals surface area contributed by atoms with Crippen LogP contribution in [0.5, 0.6) is 0 Å². The summed E-state index contributed by atoms with van der Waals surface area (Å²) in [4.78, 5) is 23.0. The van der Waals surface area contributed by atoms with Crippen molar-refractivity contribution < 1.29 is 9.59 Å². The predicted octanol–water partition coefficient (Wildman–Crippen LogP) is 0.947. The maximum absolute atomic E-state index is 11.6. The van der Waals surface area contributed by atoms with Crippen LogP contribution in [0.2, 0.25) is 0 Å². The Kier molecular flexibility index (Phi) is 3.46. The summed E-state index contributed by atoms with van der Waals surface area (Å²) < 4.78 is 0. The molecule has 90 valence electrons. The van der Waals surface area contributed by atoms with E-state index in [-0.39, 0.29) is 23.7 Å². The first-order valence-electron chi connectivity index (χ1n) is 6.28. The first-order chi connectivity index (χ1) is 7.68. The third kappa shape index (κ3) is 2.74. The van der Waals surface area contributed by atoms with E-state index in [1.807, 2.05) is 0 Å². The maximum Gasteiger partial charge on any atom is 0.240 e. The van der Waals surface area contributed by atoms with Crippen LogP contribution in [0.4, 0.5) is 0 Å². The number of carbonyl (C=O) groups excluding carboxylic acids is 2. The van der Waals surface area contributed by atoms with E-state index in [0.717, 1.165) is 38.5 Å². The van der Waals surface area contributed by atoms with Gasteiger partial charge < -0.3 is 11.1 Å². The number of rotatable bonds is 4. The van der Waals surface area contributed by atoms with E-state index in [1.165, 1.54) is 6.42 Å². The Bertz CT molecular complexity index is 281. The van der Waals surface area contributed by atoms with Gasteiger partial charge in [-0.15, -0.1) is 0 Å². The van der Waals surface area contributed by atoms with Gasteiger partial charge in [-0.3, -0.25) is 9.59 Å². The lowest BCUT2D eigenvalue weighted by Crippen LogP contribution is -2.50. The molecule has 3 N–H and O–H groups in total. The average Bonchev–Trinajstić information content (AvgIpc) is 3.10. The van der Waals surface area contributed by atoms with Crippen molar-refractivity contribution in [3.05, 3.63) is 0 Å². The summed E-state index contributed by atoms with van der Waals surface area (Å²) in [6.45, 7) is 0. The van der Waals surface area contributed by atoms with Crippen LogP contribution in [0, 0.1) is 11.8 Å². The van der Waals surface area contributed by atoms with Crippen LogP contribution in [0.25, 0.3) is 0 Å². The van der Waals surface area contributed by atoms with Gasteiger partial charge in [-0.25, -0.2) is 0 Å². The Labute approximate surface area is 96.0 Å². The van der Waals surface area contributed by atoms with E-state index in [4.69, 9.17) is 5.73 Å². The highest BCUT2D eigenvalue weighted by atomic mass is 16.2.